The number of rotatable bonds is 7. The number of hydrogen-bond donors (Lipinski definition) is 2. The van der Waals surface area contributed by atoms with E-state index in [-0.39, 0.29) is 11.8 Å². The fraction of sp³-hybridized carbons (Fsp3) is 0.286. The lowest BCUT2D eigenvalue weighted by Crippen LogP contribution is -2.34. The van der Waals surface area contributed by atoms with Gasteiger partial charge in [0.05, 0.1) is 12.7 Å². The molecule has 6 heteroatoms. The lowest BCUT2D eigenvalue weighted by Gasteiger charge is -2.29. The van der Waals surface area contributed by atoms with Gasteiger partial charge in [-0.05, 0) is 60.7 Å². The first-order valence-corrected chi connectivity index (χ1v) is 11.9. The van der Waals surface area contributed by atoms with Crippen molar-refractivity contribution >= 4 is 22.6 Å². The number of aromatic nitrogens is 2. The van der Waals surface area contributed by atoms with E-state index < -0.39 is 0 Å². The third-order valence-electron chi connectivity index (χ3n) is 6.67. The maximum Gasteiger partial charge on any atom is 0.255 e. The van der Waals surface area contributed by atoms with E-state index in [0.29, 0.717) is 12.1 Å². The van der Waals surface area contributed by atoms with Gasteiger partial charge in [0, 0.05) is 48.8 Å². The predicted octanol–water partition coefficient (Wildman–Crippen LogP) is 5.12. The quantitative estimate of drug-likeness (QED) is 0.406. The standard InChI is InChI=1S/C28H30N4O2/c1-34-21-13-11-20(12-14-21)24(25-19-30-26-10-4-3-8-22(25)26)18-31-28(33)23-9-7-15-29-27(23)32-16-5-2-6-17-32/h3-4,7-15,19,24,30H,2,5-6,16-18H2,1H3,(H,31,33). The van der Waals surface area contributed by atoms with Gasteiger partial charge in [-0.15, -0.1) is 0 Å². The van der Waals surface area contributed by atoms with E-state index in [2.05, 4.69) is 50.6 Å². The van der Waals surface area contributed by atoms with Gasteiger partial charge in [0.25, 0.3) is 5.91 Å². The highest BCUT2D eigenvalue weighted by Gasteiger charge is 2.23. The van der Waals surface area contributed by atoms with Crippen molar-refractivity contribution in [2.75, 3.05) is 31.6 Å². The van der Waals surface area contributed by atoms with Crippen LogP contribution in [-0.4, -0.2) is 42.6 Å². The Morgan fingerprint density at radius 1 is 1.06 bits per heavy atom. The van der Waals surface area contributed by atoms with Crippen molar-refractivity contribution in [2.24, 2.45) is 0 Å². The maximum absolute atomic E-state index is 13.4. The van der Waals surface area contributed by atoms with Crippen molar-refractivity contribution in [2.45, 2.75) is 25.2 Å². The molecule has 3 heterocycles. The topological polar surface area (TPSA) is 70.2 Å². The van der Waals surface area contributed by atoms with Gasteiger partial charge in [-0.3, -0.25) is 4.79 Å². The van der Waals surface area contributed by atoms with Crippen LogP contribution in [0, 0.1) is 0 Å². The van der Waals surface area contributed by atoms with E-state index in [4.69, 9.17) is 4.74 Å². The Balaban J connectivity index is 1.43. The molecule has 4 aromatic rings. The number of benzene rings is 2. The number of nitrogens with zero attached hydrogens (tertiary/aromatic N) is 2. The molecular formula is C28H30N4O2. The highest BCUT2D eigenvalue weighted by atomic mass is 16.5. The molecule has 1 aliphatic heterocycles. The first-order chi connectivity index (χ1) is 16.7. The van der Waals surface area contributed by atoms with Crippen LogP contribution in [0.4, 0.5) is 5.82 Å². The van der Waals surface area contributed by atoms with Crippen molar-refractivity contribution in [3.05, 3.63) is 89.7 Å². The molecule has 1 aliphatic rings. The molecule has 0 aliphatic carbocycles. The van der Waals surface area contributed by atoms with Crippen LogP contribution in [0.15, 0.2) is 73.1 Å². The smallest absolute Gasteiger partial charge is 0.255 e. The lowest BCUT2D eigenvalue weighted by molar-refractivity contribution is 0.0952. The van der Waals surface area contributed by atoms with Gasteiger partial charge in [-0.2, -0.15) is 0 Å². The molecule has 0 saturated carbocycles. The summed E-state index contributed by atoms with van der Waals surface area (Å²) < 4.78 is 5.35. The first kappa shape index (κ1) is 22.0. The molecule has 1 saturated heterocycles. The minimum Gasteiger partial charge on any atom is -0.497 e. The van der Waals surface area contributed by atoms with Crippen molar-refractivity contribution in [3.8, 4) is 5.75 Å². The fourth-order valence-corrected chi connectivity index (χ4v) is 4.85. The molecule has 0 radical (unpaired) electrons. The number of H-pyrrole nitrogens is 1. The summed E-state index contributed by atoms with van der Waals surface area (Å²) in [5.74, 6) is 1.49. The third kappa shape index (κ3) is 4.49. The summed E-state index contributed by atoms with van der Waals surface area (Å²) in [4.78, 5) is 23.6. The van der Waals surface area contributed by atoms with Crippen LogP contribution in [-0.2, 0) is 0 Å². The van der Waals surface area contributed by atoms with Gasteiger partial charge in [-0.1, -0.05) is 30.3 Å². The number of piperidine rings is 1. The van der Waals surface area contributed by atoms with Crippen LogP contribution < -0.4 is 15.0 Å². The zero-order valence-electron chi connectivity index (χ0n) is 19.5. The number of ether oxygens (including phenoxy) is 1. The minimum absolute atomic E-state index is 0.0129. The summed E-state index contributed by atoms with van der Waals surface area (Å²) in [6.45, 7) is 2.36. The maximum atomic E-state index is 13.4. The molecule has 1 unspecified atom stereocenters. The van der Waals surface area contributed by atoms with Gasteiger partial charge in [0.2, 0.25) is 0 Å². The normalized spacial score (nSPS) is 14.7. The number of carbonyl (C=O) groups is 1. The highest BCUT2D eigenvalue weighted by molar-refractivity contribution is 5.99. The monoisotopic (exact) mass is 454 g/mol. The number of carbonyl (C=O) groups excluding carboxylic acids is 1. The molecule has 1 atom stereocenters. The van der Waals surface area contributed by atoms with E-state index in [1.54, 1.807) is 13.3 Å². The Kier molecular flexibility index (Phi) is 6.47. The van der Waals surface area contributed by atoms with E-state index in [0.717, 1.165) is 59.5 Å². The number of amides is 1. The number of fused-ring (bicyclic) bond motifs is 1. The van der Waals surface area contributed by atoms with Gasteiger partial charge >= 0.3 is 0 Å². The average Bonchev–Trinajstić information content (AvgIpc) is 3.33. The SMILES string of the molecule is COc1ccc(C(CNC(=O)c2cccnc2N2CCCCC2)c2c[nH]c3ccccc23)cc1. The number of hydrogen-bond acceptors (Lipinski definition) is 4. The summed E-state index contributed by atoms with van der Waals surface area (Å²) in [5.41, 5.74) is 4.00. The Morgan fingerprint density at radius 2 is 1.85 bits per heavy atom. The van der Waals surface area contributed by atoms with Crippen molar-refractivity contribution in [1.82, 2.24) is 15.3 Å². The van der Waals surface area contributed by atoms with E-state index in [1.165, 1.54) is 6.42 Å². The molecular weight excluding hydrogens is 424 g/mol. The molecule has 6 nitrogen and oxygen atoms in total. The minimum atomic E-state index is -0.0907. The molecule has 0 bridgehead atoms. The Bertz CT molecular complexity index is 1260. The predicted molar refractivity (Wildman–Crippen MR) is 136 cm³/mol. The fourth-order valence-electron chi connectivity index (χ4n) is 4.85. The largest absolute Gasteiger partial charge is 0.497 e. The number of pyridine rings is 1. The second-order valence-corrected chi connectivity index (χ2v) is 8.75. The Morgan fingerprint density at radius 3 is 2.65 bits per heavy atom. The van der Waals surface area contributed by atoms with E-state index in [1.807, 2.05) is 36.4 Å². The average molecular weight is 455 g/mol. The van der Waals surface area contributed by atoms with Crippen LogP contribution in [0.25, 0.3) is 10.9 Å². The van der Waals surface area contributed by atoms with Crippen LogP contribution in [0.1, 0.15) is 46.7 Å². The molecule has 2 aromatic heterocycles. The number of anilines is 1. The highest BCUT2D eigenvalue weighted by Crippen LogP contribution is 2.31. The van der Waals surface area contributed by atoms with Crippen LogP contribution in [0.5, 0.6) is 5.75 Å². The number of methoxy groups -OCH3 is 1. The molecule has 34 heavy (non-hydrogen) atoms. The van der Waals surface area contributed by atoms with Gasteiger partial charge in [-0.25, -0.2) is 4.98 Å². The second kappa shape index (κ2) is 10.00. The molecule has 5 rings (SSSR count). The zero-order valence-corrected chi connectivity index (χ0v) is 19.5. The van der Waals surface area contributed by atoms with Crippen LogP contribution >= 0.6 is 0 Å². The Labute approximate surface area is 200 Å². The van der Waals surface area contributed by atoms with Crippen LogP contribution in [0.2, 0.25) is 0 Å². The molecule has 1 amide bonds. The van der Waals surface area contributed by atoms with Crippen molar-refractivity contribution in [3.63, 3.8) is 0 Å². The zero-order chi connectivity index (χ0) is 23.3. The molecule has 2 N–H and O–H groups in total. The molecule has 174 valence electrons. The Hall–Kier alpha value is -3.80. The van der Waals surface area contributed by atoms with Gasteiger partial charge in [0.1, 0.15) is 11.6 Å². The van der Waals surface area contributed by atoms with Gasteiger partial charge in [0.15, 0.2) is 0 Å². The number of aromatic amines is 1. The summed E-state index contributed by atoms with van der Waals surface area (Å²) in [5, 5.41) is 4.37. The van der Waals surface area contributed by atoms with Crippen LogP contribution in [0.3, 0.4) is 0 Å². The van der Waals surface area contributed by atoms with E-state index >= 15 is 0 Å². The van der Waals surface area contributed by atoms with Gasteiger partial charge < -0.3 is 19.9 Å². The third-order valence-corrected chi connectivity index (χ3v) is 6.67. The number of nitrogens with one attached hydrogen (secondary N) is 2. The summed E-state index contributed by atoms with van der Waals surface area (Å²) >= 11 is 0. The molecule has 1 fully saturated rings. The van der Waals surface area contributed by atoms with Crippen molar-refractivity contribution in [1.29, 1.82) is 0 Å². The summed E-state index contributed by atoms with van der Waals surface area (Å²) in [7, 11) is 1.67. The summed E-state index contributed by atoms with van der Waals surface area (Å²) in [6.07, 6.45) is 7.33. The summed E-state index contributed by atoms with van der Waals surface area (Å²) in [6, 6.07) is 20.0. The second-order valence-electron chi connectivity index (χ2n) is 8.75. The molecule has 0 spiro atoms. The number of para-hydroxylation sites is 1. The lowest BCUT2D eigenvalue weighted by atomic mass is 9.90. The van der Waals surface area contributed by atoms with E-state index in [9.17, 15) is 4.79 Å². The first-order valence-electron chi connectivity index (χ1n) is 11.9. The molecule has 2 aromatic carbocycles. The van der Waals surface area contributed by atoms with Crippen molar-refractivity contribution < 1.29 is 9.53 Å².